The van der Waals surface area contributed by atoms with Crippen LogP contribution in [0.25, 0.3) is 5.69 Å². The van der Waals surface area contributed by atoms with Crippen LogP contribution in [0.3, 0.4) is 0 Å². The van der Waals surface area contributed by atoms with Crippen molar-refractivity contribution in [3.05, 3.63) is 41.2 Å². The largest absolute Gasteiger partial charge is 0.478 e. The number of carboxylic acid groups (broad SMARTS) is 1. The molecule has 2 rings (SSSR count). The number of nitrogens with one attached hydrogen (secondary N) is 1. The van der Waals surface area contributed by atoms with Crippen LogP contribution in [-0.2, 0) is 0 Å². The smallest absolute Gasteiger partial charge is 0.337 e. The molecular weight excluding hydrogens is 276 g/mol. The fraction of sp³-hybridized carbons (Fsp3) is 0.154. The Labute approximate surface area is 121 Å². The minimum atomic E-state index is -1.04. The molecule has 0 fully saturated rings. The highest BCUT2D eigenvalue weighted by molar-refractivity contribution is 7.80. The molecule has 0 amide bonds. The van der Waals surface area contributed by atoms with Gasteiger partial charge >= 0.3 is 5.97 Å². The Hall–Kier alpha value is -2.41. The maximum atomic E-state index is 11.4. The fourth-order valence-corrected chi connectivity index (χ4v) is 2.10. The summed E-state index contributed by atoms with van der Waals surface area (Å²) in [6.45, 7) is 3.72. The molecule has 2 aromatic rings. The monoisotopic (exact) mass is 290 g/mol. The normalized spacial score (nSPS) is 10.3. The average Bonchev–Trinajstić information content (AvgIpc) is 2.67. The molecule has 0 saturated heterocycles. The van der Waals surface area contributed by atoms with E-state index in [4.69, 9.17) is 18.0 Å². The van der Waals surface area contributed by atoms with Crippen molar-refractivity contribution < 1.29 is 9.90 Å². The first kappa shape index (κ1) is 14.0. The molecule has 0 bridgehead atoms. The van der Waals surface area contributed by atoms with Gasteiger partial charge in [-0.2, -0.15) is 5.10 Å². The second-order valence-electron chi connectivity index (χ2n) is 4.37. The quantitative estimate of drug-likeness (QED) is 0.747. The predicted molar refractivity (Wildman–Crippen MR) is 80.4 cm³/mol. The Morgan fingerprint density at radius 3 is 2.60 bits per heavy atom. The molecule has 0 aliphatic carbocycles. The molecule has 1 aromatic heterocycles. The number of hydrogen-bond donors (Lipinski definition) is 3. The second kappa shape index (κ2) is 5.30. The minimum Gasteiger partial charge on any atom is -0.478 e. The van der Waals surface area contributed by atoms with Crippen molar-refractivity contribution in [2.24, 2.45) is 5.73 Å². The molecule has 0 aliphatic heterocycles. The Morgan fingerprint density at radius 1 is 1.40 bits per heavy atom. The first-order valence-electron chi connectivity index (χ1n) is 5.86. The molecule has 0 radical (unpaired) electrons. The number of thiocarbonyl (C=S) groups is 1. The first-order chi connectivity index (χ1) is 9.38. The number of anilines is 1. The van der Waals surface area contributed by atoms with Crippen LogP contribution in [0.4, 0.5) is 5.69 Å². The lowest BCUT2D eigenvalue weighted by Gasteiger charge is -2.11. The molecule has 7 heteroatoms. The van der Waals surface area contributed by atoms with Gasteiger partial charge in [0.15, 0.2) is 5.11 Å². The summed E-state index contributed by atoms with van der Waals surface area (Å²) in [5.74, 6) is -1.04. The van der Waals surface area contributed by atoms with Crippen LogP contribution in [0.2, 0.25) is 0 Å². The van der Waals surface area contributed by atoms with Crippen LogP contribution in [0, 0.1) is 13.8 Å². The third kappa shape index (κ3) is 2.77. The zero-order chi connectivity index (χ0) is 14.9. The van der Waals surface area contributed by atoms with E-state index in [2.05, 4.69) is 10.4 Å². The summed E-state index contributed by atoms with van der Waals surface area (Å²) >= 11 is 4.74. The molecule has 0 atom stereocenters. The van der Waals surface area contributed by atoms with Gasteiger partial charge in [0.25, 0.3) is 0 Å². The molecule has 20 heavy (non-hydrogen) atoms. The summed E-state index contributed by atoms with van der Waals surface area (Å²) < 4.78 is 1.60. The van der Waals surface area contributed by atoms with Gasteiger partial charge in [0, 0.05) is 11.4 Å². The second-order valence-corrected chi connectivity index (χ2v) is 4.81. The van der Waals surface area contributed by atoms with Crippen molar-refractivity contribution in [1.82, 2.24) is 9.78 Å². The van der Waals surface area contributed by atoms with Crippen LogP contribution in [0.15, 0.2) is 24.3 Å². The van der Waals surface area contributed by atoms with Gasteiger partial charge in [-0.15, -0.1) is 0 Å². The van der Waals surface area contributed by atoms with E-state index in [9.17, 15) is 9.90 Å². The van der Waals surface area contributed by atoms with Crippen molar-refractivity contribution >= 4 is 29.0 Å². The SMILES string of the molecule is Cc1cc(C)n(-c2ccc(NC(N)=S)cc2C(=O)O)n1. The number of rotatable bonds is 3. The third-order valence-corrected chi connectivity index (χ3v) is 2.83. The molecule has 0 unspecified atom stereocenters. The highest BCUT2D eigenvalue weighted by Gasteiger charge is 2.15. The van der Waals surface area contributed by atoms with Crippen LogP contribution >= 0.6 is 12.2 Å². The number of carboxylic acids is 1. The number of benzene rings is 1. The van der Waals surface area contributed by atoms with E-state index in [0.29, 0.717) is 11.4 Å². The number of aryl methyl sites for hydroxylation is 2. The Balaban J connectivity index is 2.56. The average molecular weight is 290 g/mol. The molecule has 1 aromatic carbocycles. The Kier molecular flexibility index (Phi) is 3.71. The number of nitrogens with zero attached hydrogens (tertiary/aromatic N) is 2. The maximum Gasteiger partial charge on any atom is 0.337 e. The summed E-state index contributed by atoms with van der Waals surface area (Å²) in [7, 11) is 0. The number of carbonyl (C=O) groups is 1. The van der Waals surface area contributed by atoms with Gasteiger partial charge in [-0.1, -0.05) is 0 Å². The number of aromatic nitrogens is 2. The molecule has 4 N–H and O–H groups in total. The standard InChI is InChI=1S/C13H14N4O2S/c1-7-5-8(2)17(16-7)11-4-3-9(15-13(14)20)6-10(11)12(18)19/h3-6H,1-2H3,(H,18,19)(H3,14,15,20). The zero-order valence-electron chi connectivity index (χ0n) is 11.0. The molecule has 1 heterocycles. The van der Waals surface area contributed by atoms with Gasteiger partial charge in [0.2, 0.25) is 0 Å². The lowest BCUT2D eigenvalue weighted by atomic mass is 10.1. The van der Waals surface area contributed by atoms with E-state index in [-0.39, 0.29) is 10.7 Å². The van der Waals surface area contributed by atoms with Crippen molar-refractivity contribution in [3.63, 3.8) is 0 Å². The number of hydrogen-bond acceptors (Lipinski definition) is 3. The topological polar surface area (TPSA) is 93.2 Å². The van der Waals surface area contributed by atoms with Crippen LogP contribution in [0.1, 0.15) is 21.7 Å². The predicted octanol–water partition coefficient (Wildman–Crippen LogP) is 1.84. The molecule has 104 valence electrons. The summed E-state index contributed by atoms with van der Waals surface area (Å²) in [6, 6.07) is 6.74. The zero-order valence-corrected chi connectivity index (χ0v) is 11.9. The summed E-state index contributed by atoms with van der Waals surface area (Å²) in [6.07, 6.45) is 0. The van der Waals surface area contributed by atoms with Crippen molar-refractivity contribution in [3.8, 4) is 5.69 Å². The number of nitrogens with two attached hydrogens (primary N) is 1. The fourth-order valence-electron chi connectivity index (χ4n) is 1.98. The lowest BCUT2D eigenvalue weighted by molar-refractivity contribution is 0.0697. The maximum absolute atomic E-state index is 11.4. The molecule has 0 spiro atoms. The summed E-state index contributed by atoms with van der Waals surface area (Å²) in [4.78, 5) is 11.4. The van der Waals surface area contributed by atoms with E-state index in [0.717, 1.165) is 11.4 Å². The Morgan fingerprint density at radius 2 is 2.10 bits per heavy atom. The van der Waals surface area contributed by atoms with Crippen LogP contribution in [-0.4, -0.2) is 26.0 Å². The van der Waals surface area contributed by atoms with E-state index < -0.39 is 5.97 Å². The number of aromatic carboxylic acids is 1. The minimum absolute atomic E-state index is 0.0835. The van der Waals surface area contributed by atoms with Gasteiger partial charge in [0.05, 0.1) is 16.9 Å². The van der Waals surface area contributed by atoms with Crippen molar-refractivity contribution in [2.75, 3.05) is 5.32 Å². The van der Waals surface area contributed by atoms with E-state index in [1.165, 1.54) is 6.07 Å². The van der Waals surface area contributed by atoms with Crippen molar-refractivity contribution in [2.45, 2.75) is 13.8 Å². The Bertz CT molecular complexity index is 694. The van der Waals surface area contributed by atoms with Crippen molar-refractivity contribution in [1.29, 1.82) is 0 Å². The molecule has 0 aliphatic rings. The highest BCUT2D eigenvalue weighted by atomic mass is 32.1. The van der Waals surface area contributed by atoms with Gasteiger partial charge in [-0.3, -0.25) is 0 Å². The molecular formula is C13H14N4O2S. The van der Waals surface area contributed by atoms with Crippen LogP contribution in [0.5, 0.6) is 0 Å². The molecule has 0 saturated carbocycles. The third-order valence-electron chi connectivity index (χ3n) is 2.73. The van der Waals surface area contributed by atoms with Crippen LogP contribution < -0.4 is 11.1 Å². The highest BCUT2D eigenvalue weighted by Crippen LogP contribution is 2.21. The van der Waals surface area contributed by atoms with E-state index in [1.54, 1.807) is 16.8 Å². The lowest BCUT2D eigenvalue weighted by Crippen LogP contribution is -2.19. The van der Waals surface area contributed by atoms with Gasteiger partial charge in [0.1, 0.15) is 0 Å². The molecule has 6 nitrogen and oxygen atoms in total. The van der Waals surface area contributed by atoms with E-state index in [1.807, 2.05) is 19.9 Å². The van der Waals surface area contributed by atoms with Gasteiger partial charge in [-0.25, -0.2) is 9.48 Å². The summed E-state index contributed by atoms with van der Waals surface area (Å²) in [5.41, 5.74) is 8.21. The van der Waals surface area contributed by atoms with Gasteiger partial charge in [-0.05, 0) is 50.3 Å². The van der Waals surface area contributed by atoms with Gasteiger partial charge < -0.3 is 16.2 Å². The first-order valence-corrected chi connectivity index (χ1v) is 6.26. The van der Waals surface area contributed by atoms with E-state index >= 15 is 0 Å². The summed E-state index contributed by atoms with van der Waals surface area (Å²) in [5, 5.41) is 16.4.